The van der Waals surface area contributed by atoms with E-state index in [9.17, 15) is 0 Å². The Labute approximate surface area is 124 Å². The van der Waals surface area contributed by atoms with Gasteiger partial charge in [-0.3, -0.25) is 0 Å². The lowest BCUT2D eigenvalue weighted by Crippen LogP contribution is -2.09. The molecule has 0 bridgehead atoms. The first-order valence-electron chi connectivity index (χ1n) is 6.86. The van der Waals surface area contributed by atoms with E-state index in [2.05, 4.69) is 20.6 Å². The highest BCUT2D eigenvalue weighted by atomic mass is 16.5. The van der Waals surface area contributed by atoms with Crippen molar-refractivity contribution in [2.45, 2.75) is 6.92 Å². The third kappa shape index (κ3) is 4.92. The van der Waals surface area contributed by atoms with Crippen molar-refractivity contribution in [3.05, 3.63) is 36.7 Å². The number of nitrogens with one attached hydrogen (secondary N) is 2. The van der Waals surface area contributed by atoms with Crippen molar-refractivity contribution in [2.24, 2.45) is 0 Å². The summed E-state index contributed by atoms with van der Waals surface area (Å²) in [6.07, 6.45) is 1.52. The summed E-state index contributed by atoms with van der Waals surface area (Å²) in [5.41, 5.74) is 0.944. The molecule has 0 aliphatic heterocycles. The molecule has 0 fully saturated rings. The quantitative estimate of drug-likeness (QED) is 0.728. The number of hydrogen-bond donors (Lipinski definition) is 2. The lowest BCUT2D eigenvalue weighted by Gasteiger charge is -2.09. The molecule has 0 aliphatic carbocycles. The van der Waals surface area contributed by atoms with Crippen LogP contribution < -0.4 is 15.4 Å². The first-order valence-corrected chi connectivity index (χ1v) is 6.86. The zero-order valence-corrected chi connectivity index (χ0v) is 12.3. The van der Waals surface area contributed by atoms with Gasteiger partial charge in [0, 0.05) is 25.4 Å². The second-order valence-electron chi connectivity index (χ2n) is 4.29. The monoisotopic (exact) mass is 288 g/mol. The molecule has 1 heterocycles. The highest BCUT2D eigenvalue weighted by Gasteiger charge is 2.00. The lowest BCUT2D eigenvalue weighted by molar-refractivity contribution is 0.210. The molecule has 0 saturated heterocycles. The third-order valence-corrected chi connectivity index (χ3v) is 2.72. The van der Waals surface area contributed by atoms with E-state index in [1.165, 1.54) is 6.33 Å². The Morgan fingerprint density at radius 2 is 1.86 bits per heavy atom. The fourth-order valence-electron chi connectivity index (χ4n) is 1.75. The molecule has 0 radical (unpaired) electrons. The molecule has 6 nitrogen and oxygen atoms in total. The topological polar surface area (TPSA) is 68.3 Å². The van der Waals surface area contributed by atoms with Gasteiger partial charge in [0.1, 0.15) is 23.7 Å². The summed E-state index contributed by atoms with van der Waals surface area (Å²) in [5.74, 6) is 2.34. The predicted octanol–water partition coefficient (Wildman–Crippen LogP) is 2.68. The molecule has 0 aliphatic rings. The van der Waals surface area contributed by atoms with Crippen molar-refractivity contribution in [1.29, 1.82) is 0 Å². The van der Waals surface area contributed by atoms with E-state index < -0.39 is 0 Å². The second-order valence-corrected chi connectivity index (χ2v) is 4.29. The van der Waals surface area contributed by atoms with E-state index >= 15 is 0 Å². The number of rotatable bonds is 8. The maximum Gasteiger partial charge on any atom is 0.135 e. The first-order chi connectivity index (χ1) is 10.3. The Balaban J connectivity index is 1.96. The number of ether oxygens (including phenoxy) is 2. The SMILES string of the molecule is CCOc1ccc(Nc2cc(NCCOC)ncn2)cc1. The summed E-state index contributed by atoms with van der Waals surface area (Å²) < 4.78 is 10.4. The maximum absolute atomic E-state index is 5.41. The lowest BCUT2D eigenvalue weighted by atomic mass is 10.3. The van der Waals surface area contributed by atoms with E-state index in [0.717, 1.165) is 23.1 Å². The summed E-state index contributed by atoms with van der Waals surface area (Å²) in [7, 11) is 1.67. The van der Waals surface area contributed by atoms with Crippen LogP contribution in [0, 0.1) is 0 Å². The van der Waals surface area contributed by atoms with Gasteiger partial charge < -0.3 is 20.1 Å². The second kappa shape index (κ2) is 8.06. The molecule has 6 heteroatoms. The minimum atomic E-state index is 0.631. The number of hydrogen-bond acceptors (Lipinski definition) is 6. The van der Waals surface area contributed by atoms with Gasteiger partial charge in [-0.05, 0) is 31.2 Å². The molecular formula is C15H20N4O2. The van der Waals surface area contributed by atoms with Gasteiger partial charge in [0.05, 0.1) is 13.2 Å². The van der Waals surface area contributed by atoms with Gasteiger partial charge in [-0.2, -0.15) is 0 Å². The zero-order valence-electron chi connectivity index (χ0n) is 12.3. The van der Waals surface area contributed by atoms with Crippen LogP contribution in [-0.2, 0) is 4.74 Å². The van der Waals surface area contributed by atoms with E-state index in [0.29, 0.717) is 19.8 Å². The minimum Gasteiger partial charge on any atom is -0.494 e. The Hall–Kier alpha value is -2.34. The van der Waals surface area contributed by atoms with Crippen molar-refractivity contribution in [3.8, 4) is 5.75 Å². The van der Waals surface area contributed by atoms with Crippen molar-refractivity contribution >= 4 is 17.3 Å². The molecule has 1 aromatic heterocycles. The standard InChI is InChI=1S/C15H20N4O2/c1-3-21-13-6-4-12(5-7-13)19-15-10-14(17-11-18-15)16-8-9-20-2/h4-7,10-11H,3,8-9H2,1-2H3,(H2,16,17,18,19). The Morgan fingerprint density at radius 3 is 2.57 bits per heavy atom. The molecule has 0 unspecified atom stereocenters. The van der Waals surface area contributed by atoms with Gasteiger partial charge in [0.2, 0.25) is 0 Å². The summed E-state index contributed by atoms with van der Waals surface area (Å²) in [5, 5.41) is 6.39. The molecule has 1 aromatic carbocycles. The number of anilines is 3. The Kier molecular flexibility index (Phi) is 5.78. The molecule has 2 aromatic rings. The molecule has 0 spiro atoms. The average molecular weight is 288 g/mol. The van der Waals surface area contributed by atoms with E-state index in [1.54, 1.807) is 7.11 Å². The van der Waals surface area contributed by atoms with E-state index in [-0.39, 0.29) is 0 Å². The van der Waals surface area contributed by atoms with Gasteiger partial charge >= 0.3 is 0 Å². The predicted molar refractivity (Wildman–Crippen MR) is 83.3 cm³/mol. The van der Waals surface area contributed by atoms with Gasteiger partial charge in [0.15, 0.2) is 0 Å². The van der Waals surface area contributed by atoms with E-state index in [4.69, 9.17) is 9.47 Å². The Bertz CT molecular complexity index is 546. The zero-order chi connectivity index (χ0) is 14.9. The van der Waals surface area contributed by atoms with Crippen molar-refractivity contribution in [3.63, 3.8) is 0 Å². The average Bonchev–Trinajstić information content (AvgIpc) is 2.50. The van der Waals surface area contributed by atoms with Crippen LogP contribution in [0.25, 0.3) is 0 Å². The van der Waals surface area contributed by atoms with E-state index in [1.807, 2.05) is 37.3 Å². The normalized spacial score (nSPS) is 10.2. The van der Waals surface area contributed by atoms with Crippen molar-refractivity contribution in [2.75, 3.05) is 37.5 Å². The highest BCUT2D eigenvalue weighted by Crippen LogP contribution is 2.19. The van der Waals surface area contributed by atoms with Gasteiger partial charge in [-0.25, -0.2) is 9.97 Å². The van der Waals surface area contributed by atoms with Crippen LogP contribution in [-0.4, -0.2) is 36.8 Å². The summed E-state index contributed by atoms with van der Waals surface area (Å²) in [6.45, 7) is 3.96. The van der Waals surface area contributed by atoms with Gasteiger partial charge in [-0.1, -0.05) is 0 Å². The highest BCUT2D eigenvalue weighted by molar-refractivity contribution is 5.59. The largest absolute Gasteiger partial charge is 0.494 e. The van der Waals surface area contributed by atoms with Crippen LogP contribution in [0.4, 0.5) is 17.3 Å². The van der Waals surface area contributed by atoms with Gasteiger partial charge in [-0.15, -0.1) is 0 Å². The fourth-order valence-corrected chi connectivity index (χ4v) is 1.75. The molecular weight excluding hydrogens is 268 g/mol. The smallest absolute Gasteiger partial charge is 0.135 e. The first kappa shape index (κ1) is 15.1. The van der Waals surface area contributed by atoms with Crippen LogP contribution in [0.5, 0.6) is 5.75 Å². The minimum absolute atomic E-state index is 0.631. The molecule has 0 amide bonds. The third-order valence-electron chi connectivity index (χ3n) is 2.72. The summed E-state index contributed by atoms with van der Waals surface area (Å²) in [6, 6.07) is 9.60. The number of benzene rings is 1. The van der Waals surface area contributed by atoms with Crippen LogP contribution in [0.1, 0.15) is 6.92 Å². The van der Waals surface area contributed by atoms with Crippen LogP contribution in [0.15, 0.2) is 36.7 Å². The van der Waals surface area contributed by atoms with Gasteiger partial charge in [0.25, 0.3) is 0 Å². The summed E-state index contributed by atoms with van der Waals surface area (Å²) >= 11 is 0. The molecule has 112 valence electrons. The van der Waals surface area contributed by atoms with Crippen LogP contribution in [0.3, 0.4) is 0 Å². The van der Waals surface area contributed by atoms with Crippen molar-refractivity contribution < 1.29 is 9.47 Å². The molecule has 21 heavy (non-hydrogen) atoms. The fraction of sp³-hybridized carbons (Fsp3) is 0.333. The number of methoxy groups -OCH3 is 1. The van der Waals surface area contributed by atoms with Crippen molar-refractivity contribution in [1.82, 2.24) is 9.97 Å². The molecule has 0 atom stereocenters. The number of aromatic nitrogens is 2. The van der Waals surface area contributed by atoms with Crippen LogP contribution in [0.2, 0.25) is 0 Å². The maximum atomic E-state index is 5.41. The molecule has 2 rings (SSSR count). The molecule has 0 saturated carbocycles. The molecule has 2 N–H and O–H groups in total. The summed E-state index contributed by atoms with van der Waals surface area (Å²) in [4.78, 5) is 8.35. The number of nitrogens with zero attached hydrogens (tertiary/aromatic N) is 2. The Morgan fingerprint density at radius 1 is 1.10 bits per heavy atom. The van der Waals surface area contributed by atoms with Crippen LogP contribution >= 0.6 is 0 Å².